The summed E-state index contributed by atoms with van der Waals surface area (Å²) in [6.07, 6.45) is 3.76. The Bertz CT molecular complexity index is 206. The van der Waals surface area contributed by atoms with E-state index in [0.29, 0.717) is 12.0 Å². The molecule has 2 heteroatoms. The summed E-state index contributed by atoms with van der Waals surface area (Å²) >= 11 is 0. The van der Waals surface area contributed by atoms with Crippen LogP contribution in [0.3, 0.4) is 0 Å². The van der Waals surface area contributed by atoms with Crippen molar-refractivity contribution < 1.29 is 0 Å². The van der Waals surface area contributed by atoms with Gasteiger partial charge in [0.1, 0.15) is 0 Å². The fraction of sp³-hybridized carbons (Fsp3) is 1.00. The van der Waals surface area contributed by atoms with Crippen LogP contribution in [0.15, 0.2) is 0 Å². The molecule has 110 valence electrons. The molecule has 0 radical (unpaired) electrons. The van der Waals surface area contributed by atoms with Crippen LogP contribution in [0.2, 0.25) is 0 Å². The van der Waals surface area contributed by atoms with Gasteiger partial charge >= 0.3 is 0 Å². The van der Waals surface area contributed by atoms with Gasteiger partial charge in [0.25, 0.3) is 0 Å². The first-order valence-corrected chi connectivity index (χ1v) is 7.78. The van der Waals surface area contributed by atoms with Gasteiger partial charge < -0.3 is 0 Å². The molecule has 0 saturated carbocycles. The Hall–Kier alpha value is -0.0800. The van der Waals surface area contributed by atoms with Crippen molar-refractivity contribution in [1.82, 2.24) is 10.0 Å². The average molecular weight is 256 g/mol. The molecule has 0 saturated heterocycles. The van der Waals surface area contributed by atoms with E-state index in [1.165, 1.54) is 25.8 Å². The summed E-state index contributed by atoms with van der Waals surface area (Å²) in [6, 6.07) is 0.628. The van der Waals surface area contributed by atoms with Crippen LogP contribution in [0.4, 0.5) is 0 Å². The second-order valence-corrected chi connectivity index (χ2v) is 6.92. The summed E-state index contributed by atoms with van der Waals surface area (Å²) < 4.78 is 0. The molecule has 0 rings (SSSR count). The molecule has 0 N–H and O–H groups in total. The van der Waals surface area contributed by atoms with Crippen LogP contribution < -0.4 is 0 Å². The van der Waals surface area contributed by atoms with Crippen LogP contribution in [0.1, 0.15) is 74.7 Å². The largest absolute Gasteiger partial charge is 0.238 e. The molecule has 1 unspecified atom stereocenters. The fourth-order valence-electron chi connectivity index (χ4n) is 2.26. The van der Waals surface area contributed by atoms with Gasteiger partial charge in [-0.25, -0.2) is 10.0 Å². The van der Waals surface area contributed by atoms with Gasteiger partial charge in [0, 0.05) is 24.7 Å². The molecule has 0 fully saturated rings. The van der Waals surface area contributed by atoms with Gasteiger partial charge in [-0.2, -0.15) is 0 Å². The smallest absolute Gasteiger partial charge is 0.0272 e. The van der Waals surface area contributed by atoms with E-state index in [0.717, 1.165) is 6.54 Å². The number of hydrogen-bond acceptors (Lipinski definition) is 2. The van der Waals surface area contributed by atoms with Gasteiger partial charge in [-0.1, -0.05) is 34.1 Å². The van der Waals surface area contributed by atoms with Gasteiger partial charge in [-0.15, -0.1) is 0 Å². The fourth-order valence-corrected chi connectivity index (χ4v) is 2.26. The number of hydrazine groups is 1. The highest BCUT2D eigenvalue weighted by atomic mass is 15.7. The van der Waals surface area contributed by atoms with Crippen molar-refractivity contribution in [2.75, 3.05) is 13.1 Å². The van der Waals surface area contributed by atoms with Crippen molar-refractivity contribution >= 4 is 0 Å². The standard InChI is InChI=1S/C16H36N2/c1-9-11-12-18(16(6,7)8)17(13-14(3)4)15(5)10-2/h14-15H,9-13H2,1-8H3. The van der Waals surface area contributed by atoms with E-state index in [1.807, 2.05) is 0 Å². The maximum absolute atomic E-state index is 2.61. The van der Waals surface area contributed by atoms with E-state index < -0.39 is 0 Å². The van der Waals surface area contributed by atoms with Crippen LogP contribution in [0.5, 0.6) is 0 Å². The first-order valence-electron chi connectivity index (χ1n) is 7.78. The molecule has 0 heterocycles. The predicted molar refractivity (Wildman–Crippen MR) is 82.7 cm³/mol. The normalized spacial score (nSPS) is 14.8. The van der Waals surface area contributed by atoms with Crippen LogP contribution in [-0.2, 0) is 0 Å². The number of unbranched alkanes of at least 4 members (excludes halogenated alkanes) is 1. The van der Waals surface area contributed by atoms with Crippen molar-refractivity contribution in [3.63, 3.8) is 0 Å². The van der Waals surface area contributed by atoms with Crippen LogP contribution in [0, 0.1) is 5.92 Å². The molecule has 2 nitrogen and oxygen atoms in total. The highest BCUT2D eigenvalue weighted by Gasteiger charge is 2.29. The van der Waals surface area contributed by atoms with Crippen molar-refractivity contribution in [2.24, 2.45) is 5.92 Å². The number of nitrogens with zero attached hydrogens (tertiary/aromatic N) is 2. The molecule has 0 amide bonds. The SMILES string of the molecule is CCCCN(N(CC(C)C)C(C)CC)C(C)(C)C. The molecule has 0 aliphatic heterocycles. The molecule has 0 aliphatic rings. The van der Waals surface area contributed by atoms with Gasteiger partial charge in [0.05, 0.1) is 0 Å². The van der Waals surface area contributed by atoms with E-state index in [1.54, 1.807) is 0 Å². The van der Waals surface area contributed by atoms with Crippen molar-refractivity contribution in [1.29, 1.82) is 0 Å². The Kier molecular flexibility index (Phi) is 8.13. The molecule has 1 atom stereocenters. The van der Waals surface area contributed by atoms with E-state index in [4.69, 9.17) is 0 Å². The molecule has 0 spiro atoms. The van der Waals surface area contributed by atoms with Gasteiger partial charge in [-0.3, -0.25) is 0 Å². The third kappa shape index (κ3) is 6.19. The first kappa shape index (κ1) is 17.9. The summed E-state index contributed by atoms with van der Waals surface area (Å²) in [5, 5.41) is 5.21. The van der Waals surface area contributed by atoms with E-state index in [2.05, 4.69) is 65.4 Å². The summed E-state index contributed by atoms with van der Waals surface area (Å²) in [5.41, 5.74) is 0.216. The molecular formula is C16H36N2. The first-order chi connectivity index (χ1) is 8.23. The minimum Gasteiger partial charge on any atom is -0.238 e. The second-order valence-electron chi connectivity index (χ2n) is 6.92. The summed E-state index contributed by atoms with van der Waals surface area (Å²) in [5.74, 6) is 0.713. The quantitative estimate of drug-likeness (QED) is 0.587. The van der Waals surface area contributed by atoms with Crippen LogP contribution in [-0.4, -0.2) is 34.7 Å². The molecular weight excluding hydrogens is 220 g/mol. The van der Waals surface area contributed by atoms with E-state index >= 15 is 0 Å². The van der Waals surface area contributed by atoms with Gasteiger partial charge in [-0.05, 0) is 46.5 Å². The van der Waals surface area contributed by atoms with E-state index in [9.17, 15) is 0 Å². The monoisotopic (exact) mass is 256 g/mol. The highest BCUT2D eigenvalue weighted by Crippen LogP contribution is 2.22. The molecule has 18 heavy (non-hydrogen) atoms. The summed E-state index contributed by atoms with van der Waals surface area (Å²) in [7, 11) is 0. The third-order valence-electron chi connectivity index (χ3n) is 3.46. The molecule has 0 aromatic rings. The zero-order valence-corrected chi connectivity index (χ0v) is 14.1. The Balaban J connectivity index is 4.94. The average Bonchev–Trinajstić information content (AvgIpc) is 2.24. The van der Waals surface area contributed by atoms with Crippen LogP contribution in [0.25, 0.3) is 0 Å². The Labute approximate surface area is 116 Å². The minimum atomic E-state index is 0.216. The molecule has 0 aromatic carbocycles. The molecule has 0 aliphatic carbocycles. The number of hydrogen-bond donors (Lipinski definition) is 0. The lowest BCUT2D eigenvalue weighted by atomic mass is 10.1. The van der Waals surface area contributed by atoms with Gasteiger partial charge in [0.2, 0.25) is 0 Å². The Morgan fingerprint density at radius 2 is 1.56 bits per heavy atom. The van der Waals surface area contributed by atoms with Crippen molar-refractivity contribution in [2.45, 2.75) is 86.2 Å². The maximum atomic E-state index is 2.61. The van der Waals surface area contributed by atoms with Crippen molar-refractivity contribution in [3.8, 4) is 0 Å². The molecule has 0 bridgehead atoms. The minimum absolute atomic E-state index is 0.216. The summed E-state index contributed by atoms with van der Waals surface area (Å²) in [4.78, 5) is 0. The van der Waals surface area contributed by atoms with Gasteiger partial charge in [0.15, 0.2) is 0 Å². The zero-order valence-electron chi connectivity index (χ0n) is 14.1. The molecule has 0 aromatic heterocycles. The second kappa shape index (κ2) is 8.16. The Morgan fingerprint density at radius 1 is 1.00 bits per heavy atom. The zero-order chi connectivity index (χ0) is 14.3. The summed E-state index contributed by atoms with van der Waals surface area (Å²) in [6.45, 7) is 20.9. The lowest BCUT2D eigenvalue weighted by Gasteiger charge is -2.47. The topological polar surface area (TPSA) is 6.48 Å². The third-order valence-corrected chi connectivity index (χ3v) is 3.46. The Morgan fingerprint density at radius 3 is 1.89 bits per heavy atom. The van der Waals surface area contributed by atoms with E-state index in [-0.39, 0.29) is 5.54 Å². The highest BCUT2D eigenvalue weighted by molar-refractivity contribution is 4.78. The lowest BCUT2D eigenvalue weighted by molar-refractivity contribution is -0.122. The predicted octanol–water partition coefficient (Wildman–Crippen LogP) is 4.56. The van der Waals surface area contributed by atoms with Crippen LogP contribution >= 0.6 is 0 Å². The van der Waals surface area contributed by atoms with Crippen molar-refractivity contribution in [3.05, 3.63) is 0 Å². The lowest BCUT2D eigenvalue weighted by Crippen LogP contribution is -2.57. The maximum Gasteiger partial charge on any atom is 0.0272 e. The number of rotatable bonds is 8.